The number of benzene rings is 2. The Hall–Kier alpha value is -2.89. The van der Waals surface area contributed by atoms with Crippen molar-refractivity contribution < 1.29 is 4.74 Å². The summed E-state index contributed by atoms with van der Waals surface area (Å²) < 4.78 is 7.72. The van der Waals surface area contributed by atoms with Gasteiger partial charge in [-0.2, -0.15) is 10.1 Å². The fourth-order valence-electron chi connectivity index (χ4n) is 2.82. The lowest BCUT2D eigenvalue weighted by Gasteiger charge is -2.11. The number of aromatic nitrogens is 4. The van der Waals surface area contributed by atoms with Crippen LogP contribution in [0.2, 0.25) is 10.0 Å². The molecule has 140 valence electrons. The Labute approximate surface area is 172 Å². The van der Waals surface area contributed by atoms with Crippen molar-refractivity contribution in [2.75, 3.05) is 0 Å². The average Bonchev–Trinajstić information content (AvgIpc) is 3.03. The van der Waals surface area contributed by atoms with Crippen molar-refractivity contribution in [2.45, 2.75) is 13.8 Å². The van der Waals surface area contributed by atoms with Crippen LogP contribution in [0.5, 0.6) is 11.6 Å². The van der Waals surface area contributed by atoms with Crippen LogP contribution >= 0.6 is 23.2 Å². The van der Waals surface area contributed by atoms with E-state index in [-0.39, 0.29) is 0 Å². The minimum atomic E-state index is 0.362. The number of rotatable bonds is 4. The Morgan fingerprint density at radius 1 is 0.893 bits per heavy atom. The smallest absolute Gasteiger partial charge is 0.225 e. The summed E-state index contributed by atoms with van der Waals surface area (Å²) in [4.78, 5) is 9.24. The van der Waals surface area contributed by atoms with E-state index in [0.29, 0.717) is 33.3 Å². The maximum Gasteiger partial charge on any atom is 0.225 e. The minimum absolute atomic E-state index is 0.362. The SMILES string of the molecule is Cc1cc(C)n(-c2cc(Oc3ccc(Cl)cc3Cl)nc(-c3ccccc3)n2)n1. The number of hydrogen-bond donors (Lipinski definition) is 0. The first-order valence-corrected chi connectivity index (χ1v) is 9.36. The molecule has 4 rings (SSSR count). The quantitative estimate of drug-likeness (QED) is 0.411. The van der Waals surface area contributed by atoms with Crippen LogP contribution in [0, 0.1) is 13.8 Å². The van der Waals surface area contributed by atoms with E-state index in [1.165, 1.54) is 0 Å². The predicted octanol–water partition coefficient (Wildman–Crippen LogP) is 6.05. The second-order valence-corrected chi connectivity index (χ2v) is 7.11. The van der Waals surface area contributed by atoms with Crippen molar-refractivity contribution in [3.05, 3.63) is 82.1 Å². The molecule has 0 fully saturated rings. The van der Waals surface area contributed by atoms with Crippen molar-refractivity contribution in [2.24, 2.45) is 0 Å². The van der Waals surface area contributed by atoms with Crippen LogP contribution in [0.25, 0.3) is 17.2 Å². The van der Waals surface area contributed by atoms with Gasteiger partial charge in [-0.25, -0.2) is 9.67 Å². The maximum absolute atomic E-state index is 6.25. The first kappa shape index (κ1) is 18.5. The maximum atomic E-state index is 6.25. The van der Waals surface area contributed by atoms with E-state index in [1.807, 2.05) is 50.2 Å². The van der Waals surface area contributed by atoms with Crippen LogP contribution in [-0.4, -0.2) is 19.7 Å². The third-order valence-corrected chi connectivity index (χ3v) is 4.59. The number of halogens is 2. The Kier molecular flexibility index (Phi) is 5.03. The van der Waals surface area contributed by atoms with Crippen LogP contribution in [0.1, 0.15) is 11.4 Å². The molecule has 0 atom stereocenters. The molecule has 0 saturated carbocycles. The monoisotopic (exact) mass is 410 g/mol. The number of nitrogens with zero attached hydrogens (tertiary/aromatic N) is 4. The van der Waals surface area contributed by atoms with Crippen LogP contribution in [-0.2, 0) is 0 Å². The summed E-state index contributed by atoms with van der Waals surface area (Å²) in [6.07, 6.45) is 0. The Morgan fingerprint density at radius 2 is 1.68 bits per heavy atom. The number of ether oxygens (including phenoxy) is 1. The fraction of sp³-hybridized carbons (Fsp3) is 0.0952. The summed E-state index contributed by atoms with van der Waals surface area (Å²) >= 11 is 12.2. The molecule has 0 aliphatic carbocycles. The van der Waals surface area contributed by atoms with Gasteiger partial charge in [0.05, 0.1) is 10.7 Å². The molecule has 7 heteroatoms. The largest absolute Gasteiger partial charge is 0.437 e. The molecule has 0 N–H and O–H groups in total. The average molecular weight is 411 g/mol. The van der Waals surface area contributed by atoms with Gasteiger partial charge < -0.3 is 4.74 Å². The molecule has 0 aliphatic heterocycles. The highest BCUT2D eigenvalue weighted by molar-refractivity contribution is 6.35. The zero-order chi connectivity index (χ0) is 19.7. The summed E-state index contributed by atoms with van der Waals surface area (Å²) in [5.74, 6) is 1.97. The highest BCUT2D eigenvalue weighted by Gasteiger charge is 2.14. The fourth-order valence-corrected chi connectivity index (χ4v) is 3.27. The molecule has 0 spiro atoms. The van der Waals surface area contributed by atoms with Gasteiger partial charge in [0.25, 0.3) is 0 Å². The van der Waals surface area contributed by atoms with Crippen LogP contribution in [0.4, 0.5) is 0 Å². The van der Waals surface area contributed by atoms with E-state index in [0.717, 1.165) is 17.0 Å². The summed E-state index contributed by atoms with van der Waals surface area (Å²) in [5, 5.41) is 5.46. The van der Waals surface area contributed by atoms with Crippen molar-refractivity contribution in [3.8, 4) is 28.8 Å². The first-order valence-electron chi connectivity index (χ1n) is 8.60. The van der Waals surface area contributed by atoms with Gasteiger partial charge in [0.15, 0.2) is 11.6 Å². The molecule has 2 heterocycles. The highest BCUT2D eigenvalue weighted by atomic mass is 35.5. The standard InChI is InChI=1S/C21H16Cl2N4O/c1-13-10-14(2)27(26-13)19-12-20(28-18-9-8-16(22)11-17(18)23)25-21(24-19)15-6-4-3-5-7-15/h3-12H,1-2H3. The molecule has 2 aromatic carbocycles. The minimum Gasteiger partial charge on any atom is -0.437 e. The molecule has 4 aromatic rings. The zero-order valence-electron chi connectivity index (χ0n) is 15.2. The lowest BCUT2D eigenvalue weighted by Crippen LogP contribution is -2.05. The van der Waals surface area contributed by atoms with Gasteiger partial charge in [0, 0.05) is 22.3 Å². The van der Waals surface area contributed by atoms with Gasteiger partial charge in [-0.05, 0) is 38.1 Å². The lowest BCUT2D eigenvalue weighted by atomic mass is 10.2. The molecular formula is C21H16Cl2N4O. The normalized spacial score (nSPS) is 10.9. The molecule has 0 amide bonds. The molecule has 2 aromatic heterocycles. The van der Waals surface area contributed by atoms with E-state index in [4.69, 9.17) is 27.9 Å². The summed E-state index contributed by atoms with van der Waals surface area (Å²) in [6.45, 7) is 3.91. The molecule has 0 radical (unpaired) electrons. The molecule has 5 nitrogen and oxygen atoms in total. The van der Waals surface area contributed by atoms with Crippen LogP contribution in [0.3, 0.4) is 0 Å². The second kappa shape index (κ2) is 7.62. The van der Waals surface area contributed by atoms with Crippen LogP contribution in [0.15, 0.2) is 60.7 Å². The topological polar surface area (TPSA) is 52.8 Å². The molecule has 0 aliphatic rings. The van der Waals surface area contributed by atoms with Gasteiger partial charge in [-0.3, -0.25) is 0 Å². The van der Waals surface area contributed by atoms with Crippen molar-refractivity contribution in [1.82, 2.24) is 19.7 Å². The molecule has 0 bridgehead atoms. The van der Waals surface area contributed by atoms with E-state index < -0.39 is 0 Å². The van der Waals surface area contributed by atoms with E-state index in [1.54, 1.807) is 28.9 Å². The summed E-state index contributed by atoms with van der Waals surface area (Å²) in [7, 11) is 0. The van der Waals surface area contributed by atoms with Gasteiger partial charge in [-0.15, -0.1) is 0 Å². The highest BCUT2D eigenvalue weighted by Crippen LogP contribution is 2.32. The van der Waals surface area contributed by atoms with Crippen molar-refractivity contribution in [1.29, 1.82) is 0 Å². The van der Waals surface area contributed by atoms with Gasteiger partial charge in [0.2, 0.25) is 5.88 Å². The van der Waals surface area contributed by atoms with Crippen molar-refractivity contribution in [3.63, 3.8) is 0 Å². The zero-order valence-corrected chi connectivity index (χ0v) is 16.7. The second-order valence-electron chi connectivity index (χ2n) is 6.27. The number of hydrogen-bond acceptors (Lipinski definition) is 4. The third-order valence-electron chi connectivity index (χ3n) is 4.06. The number of aryl methyl sites for hydroxylation is 2. The first-order chi connectivity index (χ1) is 13.5. The molecule has 28 heavy (non-hydrogen) atoms. The summed E-state index contributed by atoms with van der Waals surface area (Å²) in [5.41, 5.74) is 2.74. The Bertz CT molecular complexity index is 1140. The molecule has 0 unspecified atom stereocenters. The Morgan fingerprint density at radius 3 is 2.36 bits per heavy atom. The van der Waals surface area contributed by atoms with Crippen LogP contribution < -0.4 is 4.74 Å². The summed E-state index contributed by atoms with van der Waals surface area (Å²) in [6, 6.07) is 18.5. The molecular weight excluding hydrogens is 395 g/mol. The Balaban J connectivity index is 1.83. The van der Waals surface area contributed by atoms with E-state index in [9.17, 15) is 0 Å². The van der Waals surface area contributed by atoms with Gasteiger partial charge >= 0.3 is 0 Å². The molecule has 0 saturated heterocycles. The van der Waals surface area contributed by atoms with Crippen molar-refractivity contribution >= 4 is 23.2 Å². The third kappa shape index (κ3) is 3.86. The van der Waals surface area contributed by atoms with Gasteiger partial charge in [0.1, 0.15) is 5.75 Å². The van der Waals surface area contributed by atoms with Gasteiger partial charge in [-0.1, -0.05) is 53.5 Å². The lowest BCUT2D eigenvalue weighted by molar-refractivity contribution is 0.461. The van der Waals surface area contributed by atoms with E-state index in [2.05, 4.69) is 15.1 Å². The van der Waals surface area contributed by atoms with E-state index >= 15 is 0 Å². The predicted molar refractivity (Wildman–Crippen MR) is 111 cm³/mol.